The van der Waals surface area contributed by atoms with Crippen LogP contribution in [0.5, 0.6) is 0 Å². The van der Waals surface area contributed by atoms with Gasteiger partial charge >= 0.3 is 0 Å². The summed E-state index contributed by atoms with van der Waals surface area (Å²) in [6.45, 7) is 2.26. The zero-order valence-corrected chi connectivity index (χ0v) is 9.55. The molecular formula is C12H14N2S. The molecule has 1 aromatic rings. The van der Waals surface area contributed by atoms with Gasteiger partial charge in [0.2, 0.25) is 0 Å². The van der Waals surface area contributed by atoms with Crippen LogP contribution >= 0.6 is 11.8 Å². The highest BCUT2D eigenvalue weighted by Gasteiger charge is 2.45. The minimum Gasteiger partial charge on any atom is -0.292 e. The van der Waals surface area contributed by atoms with Crippen LogP contribution in [0.25, 0.3) is 0 Å². The van der Waals surface area contributed by atoms with Crippen LogP contribution in [0.15, 0.2) is 35.4 Å². The van der Waals surface area contributed by atoms with E-state index < -0.39 is 0 Å². The zero-order valence-electron chi connectivity index (χ0n) is 8.73. The van der Waals surface area contributed by atoms with E-state index in [1.165, 1.54) is 18.4 Å². The Labute approximate surface area is 94.1 Å². The topological polar surface area (TPSA) is 24.4 Å². The molecular weight excluding hydrogens is 204 g/mol. The number of thioether (sulfide) groups is 1. The fourth-order valence-corrected chi connectivity index (χ4v) is 3.16. The van der Waals surface area contributed by atoms with Crippen molar-refractivity contribution in [3.63, 3.8) is 0 Å². The summed E-state index contributed by atoms with van der Waals surface area (Å²) in [4.78, 5) is 0.144. The van der Waals surface area contributed by atoms with Crippen LogP contribution in [0.1, 0.15) is 25.3 Å². The quantitative estimate of drug-likeness (QED) is 0.825. The predicted molar refractivity (Wildman–Crippen MR) is 64.8 cm³/mol. The summed E-state index contributed by atoms with van der Waals surface area (Å²) in [5, 5.41) is 5.58. The molecule has 15 heavy (non-hydrogen) atoms. The number of benzene rings is 1. The van der Waals surface area contributed by atoms with Crippen molar-refractivity contribution in [3.8, 4) is 0 Å². The summed E-state index contributed by atoms with van der Waals surface area (Å²) in [6.07, 6.45) is 2.68. The SMILES string of the molecule is CC1(C2CC2)NN=C(c2ccccc2)S1. The third-order valence-electron chi connectivity index (χ3n) is 3.07. The molecule has 0 spiro atoms. The van der Waals surface area contributed by atoms with E-state index in [0.29, 0.717) is 0 Å². The summed E-state index contributed by atoms with van der Waals surface area (Å²) < 4.78 is 0. The number of hydrazone groups is 1. The molecule has 0 bridgehead atoms. The molecule has 3 heteroatoms. The van der Waals surface area contributed by atoms with Crippen molar-refractivity contribution in [2.75, 3.05) is 0 Å². The first-order chi connectivity index (χ1) is 7.28. The molecule has 0 saturated heterocycles. The molecule has 1 heterocycles. The molecule has 2 nitrogen and oxygen atoms in total. The molecule has 1 N–H and O–H groups in total. The van der Waals surface area contributed by atoms with E-state index in [1.54, 1.807) is 0 Å². The highest BCUT2D eigenvalue weighted by atomic mass is 32.2. The van der Waals surface area contributed by atoms with Gasteiger partial charge in [-0.2, -0.15) is 5.10 Å². The zero-order chi connectivity index (χ0) is 10.3. The molecule has 78 valence electrons. The van der Waals surface area contributed by atoms with Crippen molar-refractivity contribution in [3.05, 3.63) is 35.9 Å². The first kappa shape index (κ1) is 9.28. The average Bonchev–Trinajstić information content (AvgIpc) is 3.05. The fraction of sp³-hybridized carbons (Fsp3) is 0.417. The average molecular weight is 218 g/mol. The molecule has 1 fully saturated rings. The van der Waals surface area contributed by atoms with E-state index in [4.69, 9.17) is 0 Å². The Morgan fingerprint density at radius 2 is 2.07 bits per heavy atom. The highest BCUT2D eigenvalue weighted by molar-refractivity contribution is 8.15. The lowest BCUT2D eigenvalue weighted by Gasteiger charge is -2.21. The van der Waals surface area contributed by atoms with Crippen molar-refractivity contribution in [1.29, 1.82) is 0 Å². The van der Waals surface area contributed by atoms with Crippen LogP contribution in [0.3, 0.4) is 0 Å². The summed E-state index contributed by atoms with van der Waals surface area (Å²) in [5.41, 5.74) is 4.52. The third-order valence-corrected chi connectivity index (χ3v) is 4.43. The van der Waals surface area contributed by atoms with E-state index in [-0.39, 0.29) is 4.87 Å². The van der Waals surface area contributed by atoms with E-state index in [0.717, 1.165) is 11.0 Å². The van der Waals surface area contributed by atoms with Crippen LogP contribution in [0.2, 0.25) is 0 Å². The van der Waals surface area contributed by atoms with Gasteiger partial charge < -0.3 is 0 Å². The normalized spacial score (nSPS) is 29.8. The molecule has 0 aromatic heterocycles. The number of hydrogen-bond acceptors (Lipinski definition) is 3. The molecule has 0 radical (unpaired) electrons. The summed E-state index contributed by atoms with van der Waals surface area (Å²) >= 11 is 1.88. The first-order valence-corrected chi connectivity index (χ1v) is 6.19. The lowest BCUT2D eigenvalue weighted by molar-refractivity contribution is 0.476. The Kier molecular flexibility index (Phi) is 2.02. The standard InChI is InChI=1S/C12H14N2S/c1-12(10-7-8-10)14-13-11(15-12)9-5-3-2-4-6-9/h2-6,10,14H,7-8H2,1H3. The molecule has 3 rings (SSSR count). The van der Waals surface area contributed by atoms with Gasteiger partial charge in [0.15, 0.2) is 0 Å². The highest BCUT2D eigenvalue weighted by Crippen LogP contribution is 2.48. The largest absolute Gasteiger partial charge is 0.292 e. The predicted octanol–water partition coefficient (Wildman–Crippen LogP) is 2.81. The molecule has 1 aliphatic heterocycles. The van der Waals surface area contributed by atoms with Gasteiger partial charge in [0, 0.05) is 5.56 Å². The Morgan fingerprint density at radius 3 is 2.73 bits per heavy atom. The van der Waals surface area contributed by atoms with E-state index in [2.05, 4.69) is 41.7 Å². The van der Waals surface area contributed by atoms with E-state index in [1.807, 2.05) is 17.8 Å². The van der Waals surface area contributed by atoms with Crippen molar-refractivity contribution in [1.82, 2.24) is 5.43 Å². The Balaban J connectivity index is 1.81. The minimum atomic E-state index is 0.144. The Morgan fingerprint density at radius 1 is 1.33 bits per heavy atom. The second-order valence-electron chi connectivity index (χ2n) is 4.38. The molecule has 1 aliphatic carbocycles. The summed E-state index contributed by atoms with van der Waals surface area (Å²) in [7, 11) is 0. The van der Waals surface area contributed by atoms with Crippen molar-refractivity contribution < 1.29 is 0 Å². The summed E-state index contributed by atoms with van der Waals surface area (Å²) in [6, 6.07) is 10.4. The molecule has 1 atom stereocenters. The molecule has 0 amide bonds. The maximum atomic E-state index is 4.45. The van der Waals surface area contributed by atoms with Gasteiger partial charge in [-0.3, -0.25) is 5.43 Å². The molecule has 2 aliphatic rings. The van der Waals surface area contributed by atoms with Gasteiger partial charge in [0.25, 0.3) is 0 Å². The fourth-order valence-electron chi connectivity index (χ4n) is 1.92. The van der Waals surface area contributed by atoms with E-state index >= 15 is 0 Å². The number of rotatable bonds is 2. The monoisotopic (exact) mass is 218 g/mol. The van der Waals surface area contributed by atoms with Gasteiger partial charge in [-0.05, 0) is 25.7 Å². The van der Waals surface area contributed by atoms with Gasteiger partial charge in [-0.1, -0.05) is 42.1 Å². The van der Waals surface area contributed by atoms with Crippen LogP contribution in [0, 0.1) is 5.92 Å². The van der Waals surface area contributed by atoms with Gasteiger partial charge in [0.1, 0.15) is 9.91 Å². The first-order valence-electron chi connectivity index (χ1n) is 5.37. The van der Waals surface area contributed by atoms with Crippen molar-refractivity contribution >= 4 is 16.8 Å². The maximum Gasteiger partial charge on any atom is 0.126 e. The lowest BCUT2D eigenvalue weighted by atomic mass is 10.2. The van der Waals surface area contributed by atoms with Crippen molar-refractivity contribution in [2.45, 2.75) is 24.6 Å². The van der Waals surface area contributed by atoms with Crippen LogP contribution in [0.4, 0.5) is 0 Å². The smallest absolute Gasteiger partial charge is 0.126 e. The van der Waals surface area contributed by atoms with Crippen molar-refractivity contribution in [2.24, 2.45) is 11.0 Å². The minimum absolute atomic E-state index is 0.144. The number of hydrogen-bond donors (Lipinski definition) is 1. The van der Waals surface area contributed by atoms with Crippen LogP contribution in [-0.4, -0.2) is 9.91 Å². The molecule has 1 aromatic carbocycles. The second kappa shape index (κ2) is 3.27. The maximum absolute atomic E-state index is 4.45. The van der Waals surface area contributed by atoms with Gasteiger partial charge in [-0.25, -0.2) is 0 Å². The molecule has 1 saturated carbocycles. The Bertz CT molecular complexity index is 397. The second-order valence-corrected chi connectivity index (χ2v) is 5.82. The number of nitrogens with one attached hydrogen (secondary N) is 1. The van der Waals surface area contributed by atoms with Crippen LogP contribution in [-0.2, 0) is 0 Å². The number of nitrogens with zero attached hydrogens (tertiary/aromatic N) is 1. The molecule has 1 unspecified atom stereocenters. The third kappa shape index (κ3) is 1.65. The Hall–Kier alpha value is -0.960. The van der Waals surface area contributed by atoms with Gasteiger partial charge in [0.05, 0.1) is 0 Å². The summed E-state index contributed by atoms with van der Waals surface area (Å²) in [5.74, 6) is 0.799. The van der Waals surface area contributed by atoms with Crippen LogP contribution < -0.4 is 5.43 Å². The van der Waals surface area contributed by atoms with E-state index in [9.17, 15) is 0 Å². The lowest BCUT2D eigenvalue weighted by Crippen LogP contribution is -2.34. The van der Waals surface area contributed by atoms with Gasteiger partial charge in [-0.15, -0.1) is 0 Å².